The third kappa shape index (κ3) is 5.09. The van der Waals surface area contributed by atoms with E-state index in [1.807, 2.05) is 0 Å². The Labute approximate surface area is 115 Å². The Morgan fingerprint density at radius 3 is 2.63 bits per heavy atom. The highest BCUT2D eigenvalue weighted by molar-refractivity contribution is 5.77. The Morgan fingerprint density at radius 1 is 1.26 bits per heavy atom. The second-order valence-corrected chi connectivity index (χ2v) is 5.90. The van der Waals surface area contributed by atoms with Crippen LogP contribution in [0.3, 0.4) is 0 Å². The highest BCUT2D eigenvalue weighted by atomic mass is 16.5. The van der Waals surface area contributed by atoms with Crippen molar-refractivity contribution in [2.24, 2.45) is 5.73 Å². The van der Waals surface area contributed by atoms with E-state index in [9.17, 15) is 4.79 Å². The van der Waals surface area contributed by atoms with E-state index in [4.69, 9.17) is 10.5 Å². The molecule has 0 aromatic heterocycles. The molecule has 2 fully saturated rings. The van der Waals surface area contributed by atoms with Gasteiger partial charge in [-0.15, -0.1) is 0 Å². The van der Waals surface area contributed by atoms with Crippen LogP contribution in [-0.2, 0) is 9.53 Å². The predicted molar refractivity (Wildman–Crippen MR) is 74.9 cm³/mol. The van der Waals surface area contributed by atoms with Gasteiger partial charge in [-0.1, -0.05) is 12.8 Å². The molecule has 0 atom stereocenters. The van der Waals surface area contributed by atoms with E-state index in [2.05, 4.69) is 10.2 Å². The zero-order valence-corrected chi connectivity index (χ0v) is 11.8. The number of hydrogen-bond donors (Lipinski definition) is 2. The first-order valence-corrected chi connectivity index (χ1v) is 7.54. The largest absolute Gasteiger partial charge is 0.379 e. The van der Waals surface area contributed by atoms with Gasteiger partial charge in [0.05, 0.1) is 13.2 Å². The standard InChI is InChI=1S/C14H27N3O2/c15-14(4-1-2-5-14)12-13(18)16-6-3-7-17-8-10-19-11-9-17/h1-12,15H2,(H,16,18). The summed E-state index contributed by atoms with van der Waals surface area (Å²) in [6.07, 6.45) is 5.82. The number of nitrogens with zero attached hydrogens (tertiary/aromatic N) is 1. The van der Waals surface area contributed by atoms with Gasteiger partial charge in [-0.2, -0.15) is 0 Å². The Balaban J connectivity index is 1.53. The van der Waals surface area contributed by atoms with Crippen LogP contribution in [0.1, 0.15) is 38.5 Å². The molecular weight excluding hydrogens is 242 g/mol. The fraction of sp³-hybridized carbons (Fsp3) is 0.929. The number of carbonyl (C=O) groups is 1. The summed E-state index contributed by atoms with van der Waals surface area (Å²) in [6, 6.07) is 0. The van der Waals surface area contributed by atoms with Gasteiger partial charge in [0.1, 0.15) is 0 Å². The molecule has 0 aromatic carbocycles. The van der Waals surface area contributed by atoms with Gasteiger partial charge >= 0.3 is 0 Å². The molecule has 1 saturated carbocycles. The molecule has 2 aliphatic rings. The number of nitrogens with two attached hydrogens (primary N) is 1. The van der Waals surface area contributed by atoms with Crippen LogP contribution >= 0.6 is 0 Å². The van der Waals surface area contributed by atoms with Gasteiger partial charge in [-0.25, -0.2) is 0 Å². The van der Waals surface area contributed by atoms with E-state index in [0.717, 1.165) is 58.7 Å². The summed E-state index contributed by atoms with van der Waals surface area (Å²) in [5.41, 5.74) is 5.97. The lowest BCUT2D eigenvalue weighted by Crippen LogP contribution is -2.43. The van der Waals surface area contributed by atoms with E-state index < -0.39 is 0 Å². The highest BCUT2D eigenvalue weighted by Crippen LogP contribution is 2.29. The molecular formula is C14H27N3O2. The van der Waals surface area contributed by atoms with Crippen molar-refractivity contribution in [3.8, 4) is 0 Å². The molecule has 0 spiro atoms. The lowest BCUT2D eigenvalue weighted by atomic mass is 9.94. The number of rotatable bonds is 6. The third-order valence-corrected chi connectivity index (χ3v) is 4.19. The molecule has 1 heterocycles. The molecule has 1 saturated heterocycles. The van der Waals surface area contributed by atoms with Gasteiger partial charge in [0.2, 0.25) is 5.91 Å². The Kier molecular flexibility index (Phi) is 5.60. The van der Waals surface area contributed by atoms with E-state index in [1.165, 1.54) is 12.8 Å². The van der Waals surface area contributed by atoms with E-state index >= 15 is 0 Å². The van der Waals surface area contributed by atoms with Gasteiger partial charge in [-0.3, -0.25) is 9.69 Å². The summed E-state index contributed by atoms with van der Waals surface area (Å²) < 4.78 is 5.30. The van der Waals surface area contributed by atoms with Gasteiger partial charge < -0.3 is 15.8 Å². The van der Waals surface area contributed by atoms with Crippen LogP contribution in [0.4, 0.5) is 0 Å². The fourth-order valence-electron chi connectivity index (χ4n) is 2.99. The minimum Gasteiger partial charge on any atom is -0.379 e. The quantitative estimate of drug-likeness (QED) is 0.689. The normalized spacial score (nSPS) is 23.4. The molecule has 5 heteroatoms. The molecule has 19 heavy (non-hydrogen) atoms. The Bertz CT molecular complexity index is 284. The first kappa shape index (κ1) is 14.8. The van der Waals surface area contributed by atoms with Gasteiger partial charge in [0.25, 0.3) is 0 Å². The summed E-state index contributed by atoms with van der Waals surface area (Å²) in [4.78, 5) is 14.2. The average Bonchev–Trinajstić information content (AvgIpc) is 2.82. The van der Waals surface area contributed by atoms with Crippen molar-refractivity contribution in [3.05, 3.63) is 0 Å². The molecule has 1 amide bonds. The maximum Gasteiger partial charge on any atom is 0.221 e. The van der Waals surface area contributed by atoms with Crippen LogP contribution in [-0.4, -0.2) is 55.7 Å². The maximum absolute atomic E-state index is 11.8. The molecule has 5 nitrogen and oxygen atoms in total. The average molecular weight is 269 g/mol. The van der Waals surface area contributed by atoms with Gasteiger partial charge in [0, 0.05) is 31.6 Å². The van der Waals surface area contributed by atoms with Crippen LogP contribution in [0.5, 0.6) is 0 Å². The maximum atomic E-state index is 11.8. The van der Waals surface area contributed by atoms with Gasteiger partial charge in [0.15, 0.2) is 0 Å². The van der Waals surface area contributed by atoms with Crippen molar-refractivity contribution in [1.82, 2.24) is 10.2 Å². The second-order valence-electron chi connectivity index (χ2n) is 5.90. The molecule has 0 aromatic rings. The fourth-order valence-corrected chi connectivity index (χ4v) is 2.99. The number of carbonyl (C=O) groups excluding carboxylic acids is 1. The molecule has 110 valence electrons. The third-order valence-electron chi connectivity index (χ3n) is 4.19. The van der Waals surface area contributed by atoms with Crippen LogP contribution in [0, 0.1) is 0 Å². The van der Waals surface area contributed by atoms with Crippen LogP contribution in [0.25, 0.3) is 0 Å². The zero-order chi connectivity index (χ0) is 13.6. The lowest BCUT2D eigenvalue weighted by Gasteiger charge is -2.26. The predicted octanol–water partition coefficient (Wildman–Crippen LogP) is 0.486. The van der Waals surface area contributed by atoms with E-state index in [0.29, 0.717) is 6.42 Å². The van der Waals surface area contributed by atoms with Crippen molar-refractivity contribution in [3.63, 3.8) is 0 Å². The van der Waals surface area contributed by atoms with Crippen molar-refractivity contribution >= 4 is 5.91 Å². The van der Waals surface area contributed by atoms with Crippen LogP contribution in [0.2, 0.25) is 0 Å². The van der Waals surface area contributed by atoms with Crippen molar-refractivity contribution in [2.45, 2.75) is 44.1 Å². The Morgan fingerprint density at radius 2 is 1.95 bits per heavy atom. The van der Waals surface area contributed by atoms with Crippen LogP contribution < -0.4 is 11.1 Å². The Hall–Kier alpha value is -0.650. The number of morpholine rings is 1. The van der Waals surface area contributed by atoms with Crippen molar-refractivity contribution in [2.75, 3.05) is 39.4 Å². The molecule has 1 aliphatic heterocycles. The highest BCUT2D eigenvalue weighted by Gasteiger charge is 2.31. The van der Waals surface area contributed by atoms with Crippen molar-refractivity contribution < 1.29 is 9.53 Å². The smallest absolute Gasteiger partial charge is 0.221 e. The first-order chi connectivity index (χ1) is 9.18. The minimum absolute atomic E-state index is 0.117. The van der Waals surface area contributed by atoms with Crippen LogP contribution in [0.15, 0.2) is 0 Å². The topological polar surface area (TPSA) is 67.6 Å². The molecule has 0 radical (unpaired) electrons. The summed E-state index contributed by atoms with van der Waals surface area (Å²) >= 11 is 0. The van der Waals surface area contributed by atoms with Gasteiger partial charge in [-0.05, 0) is 25.8 Å². The summed E-state index contributed by atoms with van der Waals surface area (Å²) in [7, 11) is 0. The van der Waals surface area contributed by atoms with E-state index in [1.54, 1.807) is 0 Å². The lowest BCUT2D eigenvalue weighted by molar-refractivity contribution is -0.122. The number of nitrogens with one attached hydrogen (secondary N) is 1. The molecule has 1 aliphatic carbocycles. The molecule has 3 N–H and O–H groups in total. The summed E-state index contributed by atoms with van der Waals surface area (Å²) in [6.45, 7) is 5.49. The van der Waals surface area contributed by atoms with E-state index in [-0.39, 0.29) is 11.4 Å². The number of hydrogen-bond acceptors (Lipinski definition) is 4. The summed E-state index contributed by atoms with van der Waals surface area (Å²) in [5, 5.41) is 3.00. The zero-order valence-electron chi connectivity index (χ0n) is 11.8. The van der Waals surface area contributed by atoms with Crippen molar-refractivity contribution in [1.29, 1.82) is 0 Å². The molecule has 0 bridgehead atoms. The molecule has 2 rings (SSSR count). The first-order valence-electron chi connectivity index (χ1n) is 7.54. The SMILES string of the molecule is NC1(CC(=O)NCCCN2CCOCC2)CCCC1. The number of amides is 1. The number of ether oxygens (including phenoxy) is 1. The summed E-state index contributed by atoms with van der Waals surface area (Å²) in [5.74, 6) is 0.117. The monoisotopic (exact) mass is 269 g/mol. The molecule has 0 unspecified atom stereocenters. The second kappa shape index (κ2) is 7.22. The minimum atomic E-state index is -0.228.